The number of aromatic nitrogens is 8. The number of aryl methyl sites for hydroxylation is 3. The van der Waals surface area contributed by atoms with Crippen LogP contribution in [0.4, 0.5) is 17.3 Å². The number of ketones is 1. The number of benzene rings is 2. The summed E-state index contributed by atoms with van der Waals surface area (Å²) in [6.45, 7) is 6.75. The van der Waals surface area contributed by atoms with E-state index >= 15 is 0 Å². The molecule has 2 aromatic carbocycles. The summed E-state index contributed by atoms with van der Waals surface area (Å²) in [5, 5.41) is 40.9. The first-order chi connectivity index (χ1) is 28.4. The molecule has 1 aliphatic rings. The van der Waals surface area contributed by atoms with E-state index in [0.717, 1.165) is 50.4 Å². The number of nitrogens with two attached hydrogens (primary N) is 1. The molecule has 0 saturated carbocycles. The highest BCUT2D eigenvalue weighted by Crippen LogP contribution is 2.26. The number of aliphatic imine (C=N–C) groups is 1. The summed E-state index contributed by atoms with van der Waals surface area (Å²) in [6, 6.07) is 13.9. The van der Waals surface area contributed by atoms with Crippen molar-refractivity contribution in [2.75, 3.05) is 23.8 Å². The molecule has 1 atom stereocenters. The number of carbonyl (C=O) groups is 1. The van der Waals surface area contributed by atoms with E-state index in [9.17, 15) is 15.0 Å². The van der Waals surface area contributed by atoms with Crippen LogP contribution in [0.5, 0.6) is 0 Å². The maximum atomic E-state index is 12.8. The minimum atomic E-state index is -0.170. The van der Waals surface area contributed by atoms with Gasteiger partial charge in [-0.3, -0.25) is 18.8 Å². The van der Waals surface area contributed by atoms with Gasteiger partial charge in [-0.2, -0.15) is 15.3 Å². The zero-order valence-corrected chi connectivity index (χ0v) is 34.2. The van der Waals surface area contributed by atoms with Crippen LogP contribution in [-0.2, 0) is 45.4 Å². The molecule has 0 amide bonds. The Hall–Kier alpha value is -6.49. The predicted molar refractivity (Wildman–Crippen MR) is 229 cm³/mol. The van der Waals surface area contributed by atoms with Gasteiger partial charge in [0.2, 0.25) is 11.9 Å². The van der Waals surface area contributed by atoms with Crippen molar-refractivity contribution < 1.29 is 15.0 Å². The van der Waals surface area contributed by atoms with Crippen LogP contribution in [0, 0.1) is 0 Å². The average Bonchev–Trinajstić information content (AvgIpc) is 4.00. The number of hydrogen-bond donors (Lipinski definition) is 6. The van der Waals surface area contributed by atoms with Gasteiger partial charge in [-0.05, 0) is 86.1 Å². The molecule has 0 aliphatic carbocycles. The van der Waals surface area contributed by atoms with E-state index in [1.54, 1.807) is 34.2 Å². The lowest BCUT2D eigenvalue weighted by Crippen LogP contribution is -2.29. The van der Waals surface area contributed by atoms with E-state index in [1.807, 2.05) is 107 Å². The van der Waals surface area contributed by atoms with Crippen LogP contribution in [0.15, 0.2) is 103 Å². The molecule has 6 aromatic rings. The number of Topliss-reactive ketones (excluding diaryl/α,β-unsaturated/α-hetero) is 1. The Morgan fingerprint density at radius 2 is 1.53 bits per heavy atom. The van der Waals surface area contributed by atoms with Gasteiger partial charge < -0.3 is 31.9 Å². The predicted octanol–water partition coefficient (Wildman–Crippen LogP) is 4.96. The Labute approximate surface area is 343 Å². The molecule has 59 heavy (non-hydrogen) atoms. The van der Waals surface area contributed by atoms with Crippen molar-refractivity contribution >= 4 is 29.1 Å². The second kappa shape index (κ2) is 19.3. The molecule has 0 bridgehead atoms. The van der Waals surface area contributed by atoms with Gasteiger partial charge in [-0.15, -0.1) is 0 Å². The second-order valence-electron chi connectivity index (χ2n) is 15.2. The van der Waals surface area contributed by atoms with E-state index in [0.29, 0.717) is 49.7 Å². The van der Waals surface area contributed by atoms with Crippen LogP contribution in [0.25, 0.3) is 11.3 Å². The van der Waals surface area contributed by atoms with Crippen molar-refractivity contribution in [3.8, 4) is 11.3 Å². The SMILES string of the molecule is Cn1cc(NC2=NC(c3ccc(CN)c(CCO)c3)C=CN2)cn1.Cn1cc(Nc2nccc(-c3ccc(CCC(=O)c4cnn(C(C)(C)C)c4)c(CCO)c3)n2)cn1. The summed E-state index contributed by atoms with van der Waals surface area (Å²) in [6.07, 6.45) is 18.3. The number of carbonyl (C=O) groups excluding carboxylic acids is 1. The van der Waals surface area contributed by atoms with Crippen molar-refractivity contribution in [3.63, 3.8) is 0 Å². The lowest BCUT2D eigenvalue weighted by molar-refractivity contribution is 0.0982. The fraction of sp³-hybridized carbons (Fsp3) is 0.326. The van der Waals surface area contributed by atoms with Crippen LogP contribution in [0.1, 0.15) is 71.4 Å². The highest BCUT2D eigenvalue weighted by molar-refractivity contribution is 5.96. The molecular weight excluding hydrogens is 747 g/mol. The number of nitrogens with zero attached hydrogens (tertiary/aromatic N) is 9. The molecule has 0 radical (unpaired) electrons. The summed E-state index contributed by atoms with van der Waals surface area (Å²) >= 11 is 0. The molecule has 7 rings (SSSR count). The number of hydrogen-bond acceptors (Lipinski definition) is 13. The topological polar surface area (TPSA) is 211 Å². The van der Waals surface area contributed by atoms with Crippen molar-refractivity contribution in [2.45, 2.75) is 64.6 Å². The minimum Gasteiger partial charge on any atom is -0.396 e. The highest BCUT2D eigenvalue weighted by atomic mass is 16.3. The second-order valence-corrected chi connectivity index (χ2v) is 15.2. The molecule has 1 aliphatic heterocycles. The quantitative estimate of drug-likeness (QED) is 0.0808. The fourth-order valence-electron chi connectivity index (χ4n) is 6.50. The summed E-state index contributed by atoms with van der Waals surface area (Å²) < 4.78 is 5.24. The highest BCUT2D eigenvalue weighted by Gasteiger charge is 2.18. The zero-order chi connectivity index (χ0) is 41.9. The zero-order valence-electron chi connectivity index (χ0n) is 34.2. The van der Waals surface area contributed by atoms with E-state index in [-0.39, 0.29) is 30.6 Å². The van der Waals surface area contributed by atoms with E-state index < -0.39 is 0 Å². The van der Waals surface area contributed by atoms with Gasteiger partial charge in [-0.25, -0.2) is 15.0 Å². The van der Waals surface area contributed by atoms with Crippen LogP contribution in [0.2, 0.25) is 0 Å². The molecule has 16 nitrogen and oxygen atoms in total. The van der Waals surface area contributed by atoms with E-state index in [2.05, 4.69) is 47.3 Å². The molecule has 0 saturated heterocycles. The van der Waals surface area contributed by atoms with Crippen LogP contribution < -0.4 is 21.7 Å². The Morgan fingerprint density at radius 3 is 2.17 bits per heavy atom. The molecule has 0 spiro atoms. The monoisotopic (exact) mass is 799 g/mol. The molecule has 0 fully saturated rings. The van der Waals surface area contributed by atoms with Crippen LogP contribution >= 0.6 is 0 Å². The van der Waals surface area contributed by atoms with Crippen molar-refractivity contribution in [1.29, 1.82) is 0 Å². The van der Waals surface area contributed by atoms with Gasteiger partial charge in [0.1, 0.15) is 0 Å². The third-order valence-electron chi connectivity index (χ3n) is 9.62. The summed E-state index contributed by atoms with van der Waals surface area (Å²) in [5.74, 6) is 1.20. The number of guanidine groups is 1. The number of rotatable bonds is 14. The van der Waals surface area contributed by atoms with E-state index in [4.69, 9.17) is 10.7 Å². The molecule has 7 N–H and O–H groups in total. The Kier molecular flexibility index (Phi) is 13.8. The first-order valence-corrected chi connectivity index (χ1v) is 19.5. The number of anilines is 3. The summed E-state index contributed by atoms with van der Waals surface area (Å²) in [5.41, 5.74) is 14.8. The number of nitrogens with one attached hydrogen (secondary N) is 3. The van der Waals surface area contributed by atoms with Gasteiger partial charge in [0.05, 0.1) is 52.8 Å². The van der Waals surface area contributed by atoms with Crippen LogP contribution in [-0.4, -0.2) is 74.5 Å². The average molecular weight is 800 g/mol. The van der Waals surface area contributed by atoms with E-state index in [1.165, 1.54) is 0 Å². The van der Waals surface area contributed by atoms with Gasteiger partial charge in [0.15, 0.2) is 5.78 Å². The van der Waals surface area contributed by atoms with Crippen LogP contribution in [0.3, 0.4) is 0 Å². The smallest absolute Gasteiger partial charge is 0.227 e. The first kappa shape index (κ1) is 42.1. The molecular formula is C43H53N13O3. The molecule has 1 unspecified atom stereocenters. The summed E-state index contributed by atoms with van der Waals surface area (Å²) in [4.78, 5) is 26.4. The van der Waals surface area contributed by atoms with Crippen molar-refractivity contribution in [2.24, 2.45) is 24.8 Å². The third kappa shape index (κ3) is 11.3. The van der Waals surface area contributed by atoms with Crippen molar-refractivity contribution in [3.05, 3.63) is 131 Å². The standard InChI is InChI=1S/C26H31N7O2.C17H22N6O/c1-26(2,3)33-16-21(14-29-33)24(35)8-7-18-5-6-20(13-19(18)10-12-34)23-9-11-27-25(31-23)30-22-15-28-32(4)17-22;1-23-11-15(10-20-23)21-17-19-6-4-16(22-17)13-2-3-14(9-18)12(8-13)5-7-24/h5-6,9,11,13-17,34H,7-8,10,12H2,1-4H3,(H,27,30,31);2-4,6,8,10-11,16,24H,5,7,9,18H2,1H3,(H2,19,21,22). The Morgan fingerprint density at radius 1 is 0.831 bits per heavy atom. The lowest BCUT2D eigenvalue weighted by atomic mass is 9.95. The number of aliphatic hydroxyl groups is 2. The van der Waals surface area contributed by atoms with Gasteiger partial charge in [0, 0.05) is 76.8 Å². The lowest BCUT2D eigenvalue weighted by Gasteiger charge is -2.19. The molecule has 4 aromatic heterocycles. The van der Waals surface area contributed by atoms with Crippen molar-refractivity contribution in [1.82, 2.24) is 44.6 Å². The Balaban J connectivity index is 0.000000213. The normalized spacial score (nSPS) is 13.6. The molecule has 5 heterocycles. The molecule has 308 valence electrons. The maximum Gasteiger partial charge on any atom is 0.227 e. The van der Waals surface area contributed by atoms with Gasteiger partial charge in [0.25, 0.3) is 0 Å². The third-order valence-corrected chi connectivity index (χ3v) is 9.62. The summed E-state index contributed by atoms with van der Waals surface area (Å²) in [7, 11) is 3.71. The first-order valence-electron chi connectivity index (χ1n) is 19.5. The fourth-order valence-corrected chi connectivity index (χ4v) is 6.50. The van der Waals surface area contributed by atoms with Gasteiger partial charge >= 0.3 is 0 Å². The maximum absolute atomic E-state index is 12.8. The minimum absolute atomic E-state index is 0.0281. The largest absolute Gasteiger partial charge is 0.396 e. The number of aliphatic hydroxyl groups excluding tert-OH is 2. The molecule has 16 heteroatoms. The van der Waals surface area contributed by atoms with Gasteiger partial charge in [-0.1, -0.05) is 30.3 Å². The Bertz CT molecular complexity index is 2400.